The van der Waals surface area contributed by atoms with E-state index in [4.69, 9.17) is 5.73 Å². The van der Waals surface area contributed by atoms with E-state index in [0.717, 1.165) is 11.8 Å². The fourth-order valence-electron chi connectivity index (χ4n) is 2.07. The van der Waals surface area contributed by atoms with Crippen LogP contribution in [0.4, 0.5) is 0 Å². The molecule has 1 aromatic carbocycles. The molecule has 1 aliphatic rings. The van der Waals surface area contributed by atoms with Gasteiger partial charge in [-0.05, 0) is 42.2 Å². The lowest BCUT2D eigenvalue weighted by atomic mass is 9.98. The molecular weight excluding hydrogens is 182 g/mol. The number of nitrogens with two attached hydrogens (primary N) is 1. The van der Waals surface area contributed by atoms with Crippen LogP contribution in [0.2, 0.25) is 0 Å². The average Bonchev–Trinajstić information content (AvgIpc) is 3.00. The number of rotatable bonds is 4. The molecule has 0 radical (unpaired) electrons. The summed E-state index contributed by atoms with van der Waals surface area (Å²) in [6.45, 7) is 4.51. The molecule has 15 heavy (non-hydrogen) atoms. The van der Waals surface area contributed by atoms with E-state index < -0.39 is 0 Å². The molecule has 1 aliphatic carbocycles. The Kier molecular flexibility index (Phi) is 3.11. The van der Waals surface area contributed by atoms with Gasteiger partial charge >= 0.3 is 0 Å². The van der Waals surface area contributed by atoms with Crippen LogP contribution in [0.15, 0.2) is 24.3 Å². The van der Waals surface area contributed by atoms with E-state index in [1.807, 2.05) is 0 Å². The maximum absolute atomic E-state index is 6.15. The highest BCUT2D eigenvalue weighted by atomic mass is 14.7. The minimum atomic E-state index is 0.276. The molecular formula is C14H21N. The van der Waals surface area contributed by atoms with Crippen LogP contribution in [0.25, 0.3) is 0 Å². The molecule has 0 spiro atoms. The summed E-state index contributed by atoms with van der Waals surface area (Å²) >= 11 is 0. The van der Waals surface area contributed by atoms with Crippen molar-refractivity contribution in [1.29, 1.82) is 0 Å². The van der Waals surface area contributed by atoms with Crippen molar-refractivity contribution in [3.63, 3.8) is 0 Å². The lowest BCUT2D eigenvalue weighted by molar-refractivity contribution is 0.629. The third-order valence-corrected chi connectivity index (χ3v) is 3.14. The molecule has 2 N–H and O–H groups in total. The topological polar surface area (TPSA) is 26.0 Å². The van der Waals surface area contributed by atoms with Crippen LogP contribution in [0.3, 0.4) is 0 Å². The summed E-state index contributed by atoms with van der Waals surface area (Å²) in [5.41, 5.74) is 8.89. The molecule has 1 fully saturated rings. The Balaban J connectivity index is 2.02. The molecule has 1 heteroatoms. The molecule has 0 aliphatic heterocycles. The van der Waals surface area contributed by atoms with Gasteiger partial charge in [0.2, 0.25) is 0 Å². The van der Waals surface area contributed by atoms with Crippen molar-refractivity contribution >= 4 is 0 Å². The van der Waals surface area contributed by atoms with Crippen LogP contribution in [0.1, 0.15) is 43.9 Å². The van der Waals surface area contributed by atoms with Gasteiger partial charge in [0.15, 0.2) is 0 Å². The summed E-state index contributed by atoms with van der Waals surface area (Å²) in [4.78, 5) is 0. The normalized spacial score (nSPS) is 18.1. The largest absolute Gasteiger partial charge is 0.324 e. The summed E-state index contributed by atoms with van der Waals surface area (Å²) in [7, 11) is 0. The smallest absolute Gasteiger partial charge is 0.0323 e. The average molecular weight is 203 g/mol. The molecule has 2 rings (SSSR count). The minimum Gasteiger partial charge on any atom is -0.324 e. The summed E-state index contributed by atoms with van der Waals surface area (Å²) in [6, 6.07) is 9.16. The Morgan fingerprint density at radius 3 is 2.27 bits per heavy atom. The van der Waals surface area contributed by atoms with E-state index in [1.165, 1.54) is 30.4 Å². The van der Waals surface area contributed by atoms with Gasteiger partial charge < -0.3 is 5.73 Å². The fourth-order valence-corrected chi connectivity index (χ4v) is 2.07. The molecule has 1 aromatic rings. The minimum absolute atomic E-state index is 0.276. The van der Waals surface area contributed by atoms with Crippen molar-refractivity contribution in [1.82, 2.24) is 0 Å². The number of benzene rings is 1. The van der Waals surface area contributed by atoms with Crippen LogP contribution in [-0.4, -0.2) is 0 Å². The Morgan fingerprint density at radius 1 is 1.20 bits per heavy atom. The first-order chi connectivity index (χ1) is 7.16. The van der Waals surface area contributed by atoms with Crippen molar-refractivity contribution in [2.24, 2.45) is 17.6 Å². The molecule has 1 atom stereocenters. The predicted molar refractivity (Wildman–Crippen MR) is 64.6 cm³/mol. The molecule has 0 bridgehead atoms. The highest BCUT2D eigenvalue weighted by Crippen LogP contribution is 2.39. The summed E-state index contributed by atoms with van der Waals surface area (Å²) in [6.07, 6.45) is 3.79. The summed E-state index contributed by atoms with van der Waals surface area (Å²) in [5.74, 6) is 1.48. The first-order valence-corrected chi connectivity index (χ1v) is 6.01. The second kappa shape index (κ2) is 4.36. The zero-order chi connectivity index (χ0) is 10.8. The van der Waals surface area contributed by atoms with E-state index in [0.29, 0.717) is 0 Å². The van der Waals surface area contributed by atoms with E-state index in [9.17, 15) is 0 Å². The van der Waals surface area contributed by atoms with Crippen molar-refractivity contribution in [2.75, 3.05) is 0 Å². The van der Waals surface area contributed by atoms with Gasteiger partial charge in [0.25, 0.3) is 0 Å². The van der Waals surface area contributed by atoms with Gasteiger partial charge in [-0.3, -0.25) is 0 Å². The van der Waals surface area contributed by atoms with Crippen LogP contribution in [0, 0.1) is 11.8 Å². The van der Waals surface area contributed by atoms with Gasteiger partial charge in [-0.1, -0.05) is 38.1 Å². The van der Waals surface area contributed by atoms with Crippen molar-refractivity contribution in [3.8, 4) is 0 Å². The molecule has 0 saturated heterocycles. The lowest BCUT2D eigenvalue weighted by Gasteiger charge is -2.12. The van der Waals surface area contributed by atoms with E-state index in [2.05, 4.69) is 38.1 Å². The molecule has 1 nitrogen and oxygen atoms in total. The van der Waals surface area contributed by atoms with Gasteiger partial charge in [-0.2, -0.15) is 0 Å². The van der Waals surface area contributed by atoms with Crippen LogP contribution in [0.5, 0.6) is 0 Å². The van der Waals surface area contributed by atoms with Crippen molar-refractivity contribution in [3.05, 3.63) is 35.4 Å². The standard InChI is InChI=1S/C14H21N/c1-10(2)9-11-3-5-12(6-4-11)14(15)13-7-8-13/h3-6,10,13-14H,7-9,15H2,1-2H3/t14-/m0/s1. The fraction of sp³-hybridized carbons (Fsp3) is 0.571. The van der Waals surface area contributed by atoms with Crippen LogP contribution < -0.4 is 5.73 Å². The first-order valence-electron chi connectivity index (χ1n) is 6.01. The third kappa shape index (κ3) is 2.82. The highest BCUT2D eigenvalue weighted by Gasteiger charge is 2.29. The second-order valence-corrected chi connectivity index (χ2v) is 5.20. The molecule has 82 valence electrons. The lowest BCUT2D eigenvalue weighted by Crippen LogP contribution is -2.12. The van der Waals surface area contributed by atoms with Gasteiger partial charge in [0, 0.05) is 6.04 Å². The zero-order valence-electron chi connectivity index (χ0n) is 9.74. The van der Waals surface area contributed by atoms with Crippen molar-refractivity contribution in [2.45, 2.75) is 39.2 Å². The number of hydrogen-bond acceptors (Lipinski definition) is 1. The molecule has 1 saturated carbocycles. The van der Waals surface area contributed by atoms with Gasteiger partial charge in [0.05, 0.1) is 0 Å². The summed E-state index contributed by atoms with van der Waals surface area (Å²) in [5, 5.41) is 0. The number of hydrogen-bond donors (Lipinski definition) is 1. The van der Waals surface area contributed by atoms with E-state index in [1.54, 1.807) is 0 Å². The quantitative estimate of drug-likeness (QED) is 0.798. The predicted octanol–water partition coefficient (Wildman–Crippen LogP) is 3.29. The molecule has 0 amide bonds. The van der Waals surface area contributed by atoms with Gasteiger partial charge in [-0.25, -0.2) is 0 Å². The Morgan fingerprint density at radius 2 is 1.80 bits per heavy atom. The van der Waals surface area contributed by atoms with E-state index in [-0.39, 0.29) is 6.04 Å². The third-order valence-electron chi connectivity index (χ3n) is 3.14. The Labute approximate surface area is 92.7 Å². The molecule has 0 unspecified atom stereocenters. The molecule has 0 heterocycles. The SMILES string of the molecule is CC(C)Cc1ccc([C@H](N)C2CC2)cc1. The monoisotopic (exact) mass is 203 g/mol. The Bertz CT molecular complexity index is 309. The highest BCUT2D eigenvalue weighted by molar-refractivity contribution is 5.26. The second-order valence-electron chi connectivity index (χ2n) is 5.20. The van der Waals surface area contributed by atoms with Gasteiger partial charge in [0.1, 0.15) is 0 Å². The van der Waals surface area contributed by atoms with Crippen LogP contribution >= 0.6 is 0 Å². The van der Waals surface area contributed by atoms with Crippen molar-refractivity contribution < 1.29 is 0 Å². The van der Waals surface area contributed by atoms with E-state index >= 15 is 0 Å². The summed E-state index contributed by atoms with van der Waals surface area (Å²) < 4.78 is 0. The molecule has 0 aromatic heterocycles. The van der Waals surface area contributed by atoms with Gasteiger partial charge in [-0.15, -0.1) is 0 Å². The maximum Gasteiger partial charge on any atom is 0.0323 e. The Hall–Kier alpha value is -0.820. The maximum atomic E-state index is 6.15. The first kappa shape index (κ1) is 10.7. The van der Waals surface area contributed by atoms with Crippen LogP contribution in [-0.2, 0) is 6.42 Å². The zero-order valence-corrected chi connectivity index (χ0v) is 9.74.